The van der Waals surface area contributed by atoms with E-state index in [9.17, 15) is 0 Å². The van der Waals surface area contributed by atoms with E-state index in [-0.39, 0.29) is 6.61 Å². The summed E-state index contributed by atoms with van der Waals surface area (Å²) in [7, 11) is 0. The van der Waals surface area contributed by atoms with Gasteiger partial charge in [0.2, 0.25) is 0 Å². The smallest absolute Gasteiger partial charge is 0.0617 e. The van der Waals surface area contributed by atoms with E-state index in [1.165, 1.54) is 4.88 Å². The Morgan fingerprint density at radius 3 is 3.08 bits per heavy atom. The van der Waals surface area contributed by atoms with Gasteiger partial charge in [-0.25, -0.2) is 0 Å². The second-order valence-electron chi connectivity index (χ2n) is 2.48. The number of thiophene rings is 1. The lowest BCUT2D eigenvalue weighted by Crippen LogP contribution is -1.74. The molecule has 0 aliphatic carbocycles. The molecule has 64 valence electrons. The Morgan fingerprint density at radius 1 is 1.67 bits per heavy atom. The van der Waals surface area contributed by atoms with Crippen LogP contribution in [0.25, 0.3) is 6.08 Å². The van der Waals surface area contributed by atoms with Crippen molar-refractivity contribution in [2.24, 2.45) is 0 Å². The van der Waals surface area contributed by atoms with Gasteiger partial charge in [-0.2, -0.15) is 0 Å². The predicted molar refractivity (Wildman–Crippen MR) is 54.2 cm³/mol. The summed E-state index contributed by atoms with van der Waals surface area (Å²) in [6.45, 7) is 2.08. The van der Waals surface area contributed by atoms with E-state index < -0.39 is 0 Å². The standard InChI is InChI=1S/C10H12OS/c1-9(6-7-11)4-5-10-3-2-8-12-10/h2-6,8,11H,7H2,1H3/b5-4+,9-6-. The van der Waals surface area contributed by atoms with E-state index in [4.69, 9.17) is 5.11 Å². The minimum atomic E-state index is 0.112. The summed E-state index contributed by atoms with van der Waals surface area (Å²) in [4.78, 5) is 1.24. The maximum Gasteiger partial charge on any atom is 0.0617 e. The van der Waals surface area contributed by atoms with Gasteiger partial charge in [0.15, 0.2) is 0 Å². The Balaban J connectivity index is 2.56. The van der Waals surface area contributed by atoms with Crippen LogP contribution in [0, 0.1) is 0 Å². The van der Waals surface area contributed by atoms with Crippen molar-refractivity contribution in [2.75, 3.05) is 6.61 Å². The largest absolute Gasteiger partial charge is 0.392 e. The van der Waals surface area contributed by atoms with E-state index in [0.29, 0.717) is 0 Å². The van der Waals surface area contributed by atoms with Gasteiger partial charge in [-0.15, -0.1) is 11.3 Å². The van der Waals surface area contributed by atoms with Crippen molar-refractivity contribution >= 4 is 17.4 Å². The van der Waals surface area contributed by atoms with Gasteiger partial charge < -0.3 is 5.11 Å². The normalized spacial score (nSPS) is 12.7. The minimum absolute atomic E-state index is 0.112. The summed E-state index contributed by atoms with van der Waals surface area (Å²) in [5.41, 5.74) is 1.09. The van der Waals surface area contributed by atoms with E-state index >= 15 is 0 Å². The average Bonchev–Trinajstić information content (AvgIpc) is 2.53. The number of allylic oxidation sites excluding steroid dienone is 2. The van der Waals surface area contributed by atoms with Crippen LogP contribution in [0.3, 0.4) is 0 Å². The monoisotopic (exact) mass is 180 g/mol. The minimum Gasteiger partial charge on any atom is -0.392 e. The molecule has 0 radical (unpaired) electrons. The third kappa shape index (κ3) is 3.03. The number of hydrogen-bond donors (Lipinski definition) is 1. The Kier molecular flexibility index (Phi) is 3.77. The molecule has 1 heterocycles. The van der Waals surface area contributed by atoms with Crippen molar-refractivity contribution in [1.29, 1.82) is 0 Å². The lowest BCUT2D eigenvalue weighted by atomic mass is 10.2. The Hall–Kier alpha value is -0.860. The highest BCUT2D eigenvalue weighted by Crippen LogP contribution is 2.11. The van der Waals surface area contributed by atoms with Crippen LogP contribution < -0.4 is 0 Å². The molecule has 0 aliphatic rings. The molecule has 0 spiro atoms. The van der Waals surface area contributed by atoms with Crippen LogP contribution in [0.15, 0.2) is 35.2 Å². The summed E-state index contributed by atoms with van der Waals surface area (Å²) in [6, 6.07) is 4.09. The highest BCUT2D eigenvalue weighted by Gasteiger charge is 1.85. The fourth-order valence-electron chi connectivity index (χ4n) is 0.812. The van der Waals surface area contributed by atoms with Crippen molar-refractivity contribution in [3.8, 4) is 0 Å². The maximum absolute atomic E-state index is 8.59. The second-order valence-corrected chi connectivity index (χ2v) is 3.46. The van der Waals surface area contributed by atoms with Crippen LogP contribution in [0.1, 0.15) is 11.8 Å². The van der Waals surface area contributed by atoms with Gasteiger partial charge in [0.05, 0.1) is 6.61 Å². The van der Waals surface area contributed by atoms with Crippen molar-refractivity contribution < 1.29 is 5.11 Å². The molecule has 0 bridgehead atoms. The second kappa shape index (κ2) is 4.91. The molecule has 0 unspecified atom stereocenters. The quantitative estimate of drug-likeness (QED) is 0.709. The highest BCUT2D eigenvalue weighted by atomic mass is 32.1. The van der Waals surface area contributed by atoms with Gasteiger partial charge in [0.25, 0.3) is 0 Å². The molecule has 0 saturated carbocycles. The summed E-state index contributed by atoms with van der Waals surface area (Å²) in [5.74, 6) is 0. The molecule has 0 aliphatic heterocycles. The van der Waals surface area contributed by atoms with Gasteiger partial charge in [-0.05, 0) is 24.4 Å². The molecule has 0 aromatic carbocycles. The topological polar surface area (TPSA) is 20.2 Å². The van der Waals surface area contributed by atoms with Crippen LogP contribution in [0.2, 0.25) is 0 Å². The van der Waals surface area contributed by atoms with Crippen LogP contribution >= 0.6 is 11.3 Å². The van der Waals surface area contributed by atoms with Crippen LogP contribution in [-0.4, -0.2) is 11.7 Å². The number of hydrogen-bond acceptors (Lipinski definition) is 2. The van der Waals surface area contributed by atoms with Gasteiger partial charge in [0, 0.05) is 4.88 Å². The number of aliphatic hydroxyl groups excluding tert-OH is 1. The molecule has 12 heavy (non-hydrogen) atoms. The number of aliphatic hydroxyl groups is 1. The lowest BCUT2D eigenvalue weighted by Gasteiger charge is -1.88. The van der Waals surface area contributed by atoms with Gasteiger partial charge in [-0.1, -0.05) is 23.8 Å². The van der Waals surface area contributed by atoms with Gasteiger partial charge >= 0.3 is 0 Å². The molecule has 1 aromatic heterocycles. The summed E-state index contributed by atoms with van der Waals surface area (Å²) in [6.07, 6.45) is 5.83. The molecule has 0 atom stereocenters. The first kappa shape index (κ1) is 9.23. The highest BCUT2D eigenvalue weighted by molar-refractivity contribution is 7.10. The lowest BCUT2D eigenvalue weighted by molar-refractivity contribution is 0.342. The van der Waals surface area contributed by atoms with Crippen LogP contribution in [0.4, 0.5) is 0 Å². The van der Waals surface area contributed by atoms with Crippen LogP contribution in [-0.2, 0) is 0 Å². The van der Waals surface area contributed by atoms with Crippen molar-refractivity contribution in [1.82, 2.24) is 0 Å². The van der Waals surface area contributed by atoms with Gasteiger partial charge in [-0.3, -0.25) is 0 Å². The number of rotatable bonds is 3. The Bertz CT molecular complexity index is 270. The molecule has 0 fully saturated rings. The summed E-state index contributed by atoms with van der Waals surface area (Å²) >= 11 is 1.71. The Labute approximate surface area is 76.7 Å². The van der Waals surface area contributed by atoms with Crippen LogP contribution in [0.5, 0.6) is 0 Å². The third-order valence-corrected chi connectivity index (χ3v) is 2.30. The fourth-order valence-corrected chi connectivity index (χ4v) is 1.43. The first-order valence-electron chi connectivity index (χ1n) is 3.82. The third-order valence-electron chi connectivity index (χ3n) is 1.47. The van der Waals surface area contributed by atoms with E-state index in [1.54, 1.807) is 17.4 Å². The van der Waals surface area contributed by atoms with Crippen molar-refractivity contribution in [3.05, 3.63) is 40.1 Å². The zero-order chi connectivity index (χ0) is 8.81. The van der Waals surface area contributed by atoms with Gasteiger partial charge in [0.1, 0.15) is 0 Å². The fraction of sp³-hybridized carbons (Fsp3) is 0.200. The molecule has 2 heteroatoms. The maximum atomic E-state index is 8.59. The molecule has 1 N–H and O–H groups in total. The first-order valence-corrected chi connectivity index (χ1v) is 4.70. The zero-order valence-electron chi connectivity index (χ0n) is 7.03. The predicted octanol–water partition coefficient (Wildman–Crippen LogP) is 2.70. The molecular weight excluding hydrogens is 168 g/mol. The molecule has 0 saturated heterocycles. The zero-order valence-corrected chi connectivity index (χ0v) is 7.84. The molecule has 1 aromatic rings. The van der Waals surface area contributed by atoms with E-state index in [2.05, 4.69) is 6.07 Å². The molecule has 0 amide bonds. The van der Waals surface area contributed by atoms with Crippen molar-refractivity contribution in [3.63, 3.8) is 0 Å². The summed E-state index contributed by atoms with van der Waals surface area (Å²) in [5, 5.41) is 10.6. The SMILES string of the molecule is CC(=C/CO)/C=C/c1cccs1. The Morgan fingerprint density at radius 2 is 2.50 bits per heavy atom. The molecule has 1 nitrogen and oxygen atoms in total. The van der Waals surface area contributed by atoms with E-state index in [1.807, 2.05) is 30.5 Å². The van der Waals surface area contributed by atoms with Crippen molar-refractivity contribution in [2.45, 2.75) is 6.92 Å². The molecule has 1 rings (SSSR count). The average molecular weight is 180 g/mol. The summed E-state index contributed by atoms with van der Waals surface area (Å²) < 4.78 is 0. The molecular formula is C10H12OS. The first-order chi connectivity index (χ1) is 5.83. The van der Waals surface area contributed by atoms with E-state index in [0.717, 1.165) is 5.57 Å².